The molecule has 5 heteroatoms. The summed E-state index contributed by atoms with van der Waals surface area (Å²) in [5.74, 6) is 0.465. The minimum absolute atomic E-state index is 0.236. The minimum atomic E-state index is -0.272. The maximum atomic E-state index is 13.9. The Balaban J connectivity index is 2.16. The molecular formula is C16H15ClFN3. The molecule has 3 rings (SSSR count). The predicted molar refractivity (Wildman–Crippen MR) is 82.0 cm³/mol. The van der Waals surface area contributed by atoms with Crippen molar-refractivity contribution < 1.29 is 4.39 Å². The molecular weight excluding hydrogens is 289 g/mol. The number of rotatable bonds is 3. The van der Waals surface area contributed by atoms with Gasteiger partial charge in [-0.25, -0.2) is 14.4 Å². The highest BCUT2D eigenvalue weighted by Gasteiger charge is 2.17. The number of aromatic nitrogens is 3. The number of alkyl halides is 1. The molecule has 0 aliphatic rings. The van der Waals surface area contributed by atoms with Gasteiger partial charge in [-0.1, -0.05) is 18.2 Å². The van der Waals surface area contributed by atoms with E-state index in [2.05, 4.69) is 9.97 Å². The van der Waals surface area contributed by atoms with Crippen LogP contribution >= 0.6 is 11.6 Å². The Morgan fingerprint density at radius 2 is 2.10 bits per heavy atom. The van der Waals surface area contributed by atoms with E-state index in [9.17, 15) is 4.39 Å². The molecule has 0 saturated heterocycles. The first-order chi connectivity index (χ1) is 10.1. The van der Waals surface area contributed by atoms with Gasteiger partial charge in [0.2, 0.25) is 0 Å². The average Bonchev–Trinajstić information content (AvgIpc) is 2.79. The van der Waals surface area contributed by atoms with Crippen LogP contribution in [0.2, 0.25) is 0 Å². The fraction of sp³-hybridized carbons (Fsp3) is 0.250. The van der Waals surface area contributed by atoms with E-state index in [1.54, 1.807) is 18.3 Å². The van der Waals surface area contributed by atoms with Gasteiger partial charge in [0.05, 0.1) is 11.9 Å². The number of aryl methyl sites for hydroxylation is 1. The molecule has 3 nitrogen and oxygen atoms in total. The summed E-state index contributed by atoms with van der Waals surface area (Å²) in [5.41, 5.74) is 3.14. The van der Waals surface area contributed by atoms with Gasteiger partial charge in [0.1, 0.15) is 17.2 Å². The number of benzene rings is 1. The Morgan fingerprint density at radius 3 is 2.81 bits per heavy atom. The first-order valence-electron chi connectivity index (χ1n) is 6.76. The fourth-order valence-corrected chi connectivity index (χ4v) is 2.55. The molecule has 0 radical (unpaired) electrons. The molecule has 1 atom stereocenters. The molecule has 3 aromatic rings. The molecule has 0 aliphatic carbocycles. The quantitative estimate of drug-likeness (QED) is 0.678. The predicted octanol–water partition coefficient (Wildman–Crippen LogP) is 4.23. The molecule has 108 valence electrons. The topological polar surface area (TPSA) is 30.7 Å². The lowest BCUT2D eigenvalue weighted by Gasteiger charge is -2.10. The van der Waals surface area contributed by atoms with E-state index >= 15 is 0 Å². The van der Waals surface area contributed by atoms with Crippen molar-refractivity contribution in [3.05, 3.63) is 59.3 Å². The van der Waals surface area contributed by atoms with Crippen molar-refractivity contribution in [2.75, 3.05) is 0 Å². The lowest BCUT2D eigenvalue weighted by Crippen LogP contribution is -2.07. The molecule has 0 aliphatic heterocycles. The molecule has 2 aromatic heterocycles. The van der Waals surface area contributed by atoms with E-state index in [1.807, 2.05) is 30.5 Å². The highest BCUT2D eigenvalue weighted by Crippen LogP contribution is 2.25. The number of hydrogen-bond acceptors (Lipinski definition) is 2. The van der Waals surface area contributed by atoms with Crippen LogP contribution < -0.4 is 0 Å². The Bertz CT molecular complexity index is 795. The molecule has 0 spiro atoms. The van der Waals surface area contributed by atoms with E-state index in [-0.39, 0.29) is 11.2 Å². The number of nitrogens with zero attached hydrogens (tertiary/aromatic N) is 3. The second kappa shape index (κ2) is 5.45. The third kappa shape index (κ3) is 2.63. The molecule has 1 aromatic carbocycles. The van der Waals surface area contributed by atoms with Crippen molar-refractivity contribution in [3.63, 3.8) is 0 Å². The number of imidazole rings is 1. The zero-order valence-corrected chi connectivity index (χ0v) is 12.6. The van der Waals surface area contributed by atoms with Gasteiger partial charge in [0.15, 0.2) is 5.65 Å². The zero-order chi connectivity index (χ0) is 15.0. The van der Waals surface area contributed by atoms with Crippen molar-refractivity contribution in [1.29, 1.82) is 0 Å². The SMILES string of the molecule is Cc1cnc2c(c1)nc(C(C)Cl)n2Cc1ccccc1F. The van der Waals surface area contributed by atoms with Gasteiger partial charge in [0, 0.05) is 11.8 Å². The standard InChI is InChI=1S/C16H15ClFN3/c1-10-7-14-16(19-8-10)21(15(20-14)11(2)17)9-12-5-3-4-6-13(12)18/h3-8,11H,9H2,1-2H3. The third-order valence-electron chi connectivity index (χ3n) is 3.39. The molecule has 21 heavy (non-hydrogen) atoms. The molecule has 0 saturated carbocycles. The monoisotopic (exact) mass is 303 g/mol. The van der Waals surface area contributed by atoms with Gasteiger partial charge < -0.3 is 4.57 Å². The molecule has 0 N–H and O–H groups in total. The second-order valence-corrected chi connectivity index (χ2v) is 5.77. The highest BCUT2D eigenvalue weighted by molar-refractivity contribution is 6.20. The Morgan fingerprint density at radius 1 is 1.33 bits per heavy atom. The highest BCUT2D eigenvalue weighted by atomic mass is 35.5. The van der Waals surface area contributed by atoms with Crippen LogP contribution in [0.25, 0.3) is 11.2 Å². The first-order valence-corrected chi connectivity index (χ1v) is 7.20. The number of halogens is 2. The van der Waals surface area contributed by atoms with E-state index < -0.39 is 0 Å². The van der Waals surface area contributed by atoms with Crippen LogP contribution in [0.15, 0.2) is 36.5 Å². The van der Waals surface area contributed by atoms with Gasteiger partial charge in [0.25, 0.3) is 0 Å². The second-order valence-electron chi connectivity index (χ2n) is 5.12. The molecule has 1 unspecified atom stereocenters. The van der Waals surface area contributed by atoms with Gasteiger partial charge in [-0.05, 0) is 31.5 Å². The Kier molecular flexibility index (Phi) is 3.64. The largest absolute Gasteiger partial charge is 0.307 e. The lowest BCUT2D eigenvalue weighted by atomic mass is 10.2. The minimum Gasteiger partial charge on any atom is -0.307 e. The van der Waals surface area contributed by atoms with Crippen LogP contribution in [-0.4, -0.2) is 14.5 Å². The Labute approximate surface area is 127 Å². The van der Waals surface area contributed by atoms with E-state index in [1.165, 1.54) is 6.07 Å². The Hall–Kier alpha value is -1.94. The van der Waals surface area contributed by atoms with Crippen LogP contribution in [0.4, 0.5) is 4.39 Å². The number of hydrogen-bond donors (Lipinski definition) is 0. The maximum Gasteiger partial charge on any atom is 0.160 e. The van der Waals surface area contributed by atoms with E-state index in [0.29, 0.717) is 17.9 Å². The smallest absolute Gasteiger partial charge is 0.160 e. The van der Waals surface area contributed by atoms with Gasteiger partial charge in [-0.15, -0.1) is 11.6 Å². The summed E-state index contributed by atoms with van der Waals surface area (Å²) >= 11 is 6.22. The van der Waals surface area contributed by atoms with Crippen molar-refractivity contribution >= 4 is 22.8 Å². The number of fused-ring (bicyclic) bond motifs is 1. The summed E-state index contributed by atoms with van der Waals surface area (Å²) < 4.78 is 15.8. The fourth-order valence-electron chi connectivity index (χ4n) is 2.39. The van der Waals surface area contributed by atoms with Crippen LogP contribution in [0.1, 0.15) is 29.3 Å². The molecule has 2 heterocycles. The molecule has 0 fully saturated rings. The average molecular weight is 304 g/mol. The van der Waals surface area contributed by atoms with Crippen molar-refractivity contribution in [2.24, 2.45) is 0 Å². The lowest BCUT2D eigenvalue weighted by molar-refractivity contribution is 0.596. The third-order valence-corrected chi connectivity index (χ3v) is 3.59. The van der Waals surface area contributed by atoms with E-state index in [4.69, 9.17) is 11.6 Å². The molecule has 0 amide bonds. The summed E-state index contributed by atoms with van der Waals surface area (Å²) in [4.78, 5) is 8.97. The summed E-state index contributed by atoms with van der Waals surface area (Å²) in [6.45, 7) is 4.19. The van der Waals surface area contributed by atoms with Crippen molar-refractivity contribution in [2.45, 2.75) is 25.8 Å². The van der Waals surface area contributed by atoms with Crippen LogP contribution in [-0.2, 0) is 6.54 Å². The van der Waals surface area contributed by atoms with Crippen LogP contribution in [0.3, 0.4) is 0 Å². The van der Waals surface area contributed by atoms with E-state index in [0.717, 1.165) is 16.7 Å². The van der Waals surface area contributed by atoms with Crippen LogP contribution in [0, 0.1) is 12.7 Å². The summed E-state index contributed by atoms with van der Waals surface area (Å²) in [6.07, 6.45) is 1.78. The summed E-state index contributed by atoms with van der Waals surface area (Å²) in [7, 11) is 0. The molecule has 0 bridgehead atoms. The van der Waals surface area contributed by atoms with Gasteiger partial charge in [-0.2, -0.15) is 0 Å². The van der Waals surface area contributed by atoms with Gasteiger partial charge in [-0.3, -0.25) is 0 Å². The number of pyridine rings is 1. The normalized spacial score (nSPS) is 12.8. The van der Waals surface area contributed by atoms with Crippen molar-refractivity contribution in [3.8, 4) is 0 Å². The summed E-state index contributed by atoms with van der Waals surface area (Å²) in [6, 6.07) is 8.67. The summed E-state index contributed by atoms with van der Waals surface area (Å²) in [5, 5.41) is -0.272. The zero-order valence-electron chi connectivity index (χ0n) is 11.8. The van der Waals surface area contributed by atoms with Gasteiger partial charge >= 0.3 is 0 Å². The first kappa shape index (κ1) is 14.0. The van der Waals surface area contributed by atoms with Crippen molar-refractivity contribution in [1.82, 2.24) is 14.5 Å². The maximum absolute atomic E-state index is 13.9. The van der Waals surface area contributed by atoms with Crippen LogP contribution in [0.5, 0.6) is 0 Å².